The van der Waals surface area contributed by atoms with Gasteiger partial charge in [0.15, 0.2) is 5.96 Å². The topological polar surface area (TPSA) is 65.5 Å². The highest BCUT2D eigenvalue weighted by molar-refractivity contribution is 14.0. The number of carbonyl (C=O) groups excluding carboxylic acids is 1. The molecule has 0 spiro atoms. The van der Waals surface area contributed by atoms with Crippen molar-refractivity contribution in [2.24, 2.45) is 10.9 Å². The molecule has 3 N–H and O–H groups in total. The lowest BCUT2D eigenvalue weighted by Crippen LogP contribution is -2.36. The molecular weight excluding hydrogens is 495 g/mol. The van der Waals surface area contributed by atoms with Crippen LogP contribution in [-0.4, -0.2) is 18.4 Å². The summed E-state index contributed by atoms with van der Waals surface area (Å²) in [4.78, 5) is 19.6. The number of nitrogens with zero attached hydrogens (tertiary/aromatic N) is 1. The minimum Gasteiger partial charge on any atom is -0.357 e. The van der Waals surface area contributed by atoms with Gasteiger partial charge in [-0.3, -0.25) is 4.79 Å². The molecule has 1 amide bonds. The normalized spacial score (nSPS) is 14.3. The maximum Gasteiger partial charge on any atom is 0.227 e. The Labute approximate surface area is 194 Å². The number of nitrogens with one attached hydrogen (secondary N) is 3. The summed E-state index contributed by atoms with van der Waals surface area (Å²) in [7, 11) is 0. The molecule has 0 bridgehead atoms. The zero-order valence-electron chi connectivity index (χ0n) is 17.2. The molecule has 0 aliphatic heterocycles. The molecule has 3 rings (SSSR count). The first kappa shape index (κ1) is 23.7. The van der Waals surface area contributed by atoms with E-state index in [2.05, 4.69) is 46.9 Å². The summed E-state index contributed by atoms with van der Waals surface area (Å²) in [5.41, 5.74) is 1.94. The molecule has 1 saturated carbocycles. The van der Waals surface area contributed by atoms with Gasteiger partial charge in [0.2, 0.25) is 5.91 Å². The number of amides is 1. The first-order valence-corrected chi connectivity index (χ1v) is 10.9. The molecule has 2 aromatic rings. The van der Waals surface area contributed by atoms with E-state index in [9.17, 15) is 4.79 Å². The van der Waals surface area contributed by atoms with Gasteiger partial charge in [-0.1, -0.05) is 25.0 Å². The number of aryl methyl sites for hydroxylation is 1. The Hall–Kier alpha value is -1.61. The van der Waals surface area contributed by atoms with Gasteiger partial charge in [-0.05, 0) is 56.5 Å². The van der Waals surface area contributed by atoms with E-state index in [-0.39, 0.29) is 35.8 Å². The third kappa shape index (κ3) is 7.62. The summed E-state index contributed by atoms with van der Waals surface area (Å²) in [6.07, 6.45) is 4.35. The summed E-state index contributed by atoms with van der Waals surface area (Å²) in [5, 5.41) is 9.74. The van der Waals surface area contributed by atoms with Crippen molar-refractivity contribution in [3.05, 3.63) is 51.7 Å². The van der Waals surface area contributed by atoms with Crippen LogP contribution in [0.5, 0.6) is 0 Å². The monoisotopic (exact) mass is 526 g/mol. The molecule has 1 aliphatic rings. The number of rotatable bonds is 7. The molecule has 1 aromatic heterocycles. The maximum atomic E-state index is 12.3. The summed E-state index contributed by atoms with van der Waals surface area (Å²) in [5.74, 6) is 1.13. The second-order valence-electron chi connectivity index (χ2n) is 7.23. The van der Waals surface area contributed by atoms with Crippen molar-refractivity contribution >= 4 is 52.9 Å². The lowest BCUT2D eigenvalue weighted by molar-refractivity contribution is -0.119. The predicted octanol–water partition coefficient (Wildman–Crippen LogP) is 5.06. The SMILES string of the molecule is CCNC(=NCc1cccc(NC(=O)C2CCCC2)c1)NCc1ccc(C)s1.I. The number of benzene rings is 1. The Morgan fingerprint density at radius 1 is 1.17 bits per heavy atom. The van der Waals surface area contributed by atoms with Crippen molar-refractivity contribution in [3.63, 3.8) is 0 Å². The van der Waals surface area contributed by atoms with Gasteiger partial charge in [0.05, 0.1) is 13.1 Å². The average molecular weight is 526 g/mol. The van der Waals surface area contributed by atoms with Crippen LogP contribution < -0.4 is 16.0 Å². The van der Waals surface area contributed by atoms with Gasteiger partial charge in [0, 0.05) is 27.9 Å². The number of anilines is 1. The van der Waals surface area contributed by atoms with Crippen LogP contribution in [0.25, 0.3) is 0 Å². The first-order valence-electron chi connectivity index (χ1n) is 10.1. The standard InChI is InChI=1S/C22H30N4OS.HI/c1-3-23-22(25-15-20-12-11-16(2)28-20)24-14-17-7-6-10-19(13-17)26-21(27)18-8-4-5-9-18;/h6-7,10-13,18H,3-5,8-9,14-15H2,1-2H3,(H,26,27)(H2,23,24,25);1H. The molecule has 1 aromatic carbocycles. The number of guanidine groups is 1. The average Bonchev–Trinajstić information content (AvgIpc) is 3.36. The predicted molar refractivity (Wildman–Crippen MR) is 133 cm³/mol. The Morgan fingerprint density at radius 3 is 2.66 bits per heavy atom. The number of halogens is 1. The minimum absolute atomic E-state index is 0. The van der Waals surface area contributed by atoms with Crippen LogP contribution in [0.2, 0.25) is 0 Å². The van der Waals surface area contributed by atoms with Crippen molar-refractivity contribution in [2.45, 2.75) is 52.6 Å². The van der Waals surface area contributed by atoms with Crippen LogP contribution in [0, 0.1) is 12.8 Å². The zero-order valence-corrected chi connectivity index (χ0v) is 20.3. The van der Waals surface area contributed by atoms with E-state index in [4.69, 9.17) is 0 Å². The molecule has 158 valence electrons. The van der Waals surface area contributed by atoms with Gasteiger partial charge in [-0.15, -0.1) is 35.3 Å². The van der Waals surface area contributed by atoms with Crippen molar-refractivity contribution in [1.82, 2.24) is 10.6 Å². The third-order valence-corrected chi connectivity index (χ3v) is 5.91. The van der Waals surface area contributed by atoms with Crippen molar-refractivity contribution < 1.29 is 4.79 Å². The van der Waals surface area contributed by atoms with Crippen LogP contribution in [0.1, 0.15) is 47.9 Å². The molecule has 0 atom stereocenters. The summed E-state index contributed by atoms with van der Waals surface area (Å²) in [6.45, 7) is 6.32. The lowest BCUT2D eigenvalue weighted by atomic mass is 10.1. The van der Waals surface area contributed by atoms with Crippen LogP contribution >= 0.6 is 35.3 Å². The molecule has 0 radical (unpaired) electrons. The van der Waals surface area contributed by atoms with Crippen molar-refractivity contribution in [1.29, 1.82) is 0 Å². The van der Waals surface area contributed by atoms with Crippen molar-refractivity contribution in [3.8, 4) is 0 Å². The zero-order chi connectivity index (χ0) is 19.8. The second-order valence-corrected chi connectivity index (χ2v) is 8.60. The highest BCUT2D eigenvalue weighted by Crippen LogP contribution is 2.26. The highest BCUT2D eigenvalue weighted by atomic mass is 127. The molecule has 1 aliphatic carbocycles. The van der Waals surface area contributed by atoms with E-state index in [0.29, 0.717) is 6.54 Å². The number of hydrogen-bond acceptors (Lipinski definition) is 3. The number of thiophene rings is 1. The number of hydrogen-bond donors (Lipinski definition) is 3. The van der Waals surface area contributed by atoms with E-state index in [1.54, 1.807) is 11.3 Å². The third-order valence-electron chi connectivity index (χ3n) is 4.91. The fourth-order valence-corrected chi connectivity index (χ4v) is 4.27. The van der Waals surface area contributed by atoms with Gasteiger partial charge < -0.3 is 16.0 Å². The van der Waals surface area contributed by atoms with E-state index in [1.807, 2.05) is 24.3 Å². The fourth-order valence-electron chi connectivity index (χ4n) is 3.44. The Kier molecular flexibility index (Phi) is 9.93. The van der Waals surface area contributed by atoms with Gasteiger partial charge in [-0.25, -0.2) is 4.99 Å². The highest BCUT2D eigenvalue weighted by Gasteiger charge is 2.22. The molecular formula is C22H31IN4OS. The van der Waals surface area contributed by atoms with Gasteiger partial charge in [-0.2, -0.15) is 0 Å². The van der Waals surface area contributed by atoms with Crippen LogP contribution in [-0.2, 0) is 17.9 Å². The van der Waals surface area contributed by atoms with Crippen LogP contribution in [0.15, 0.2) is 41.4 Å². The minimum atomic E-state index is 0. The molecule has 1 heterocycles. The van der Waals surface area contributed by atoms with E-state index >= 15 is 0 Å². The fraction of sp³-hybridized carbons (Fsp3) is 0.455. The van der Waals surface area contributed by atoms with Gasteiger partial charge >= 0.3 is 0 Å². The first-order chi connectivity index (χ1) is 13.6. The number of aliphatic imine (C=N–C) groups is 1. The Morgan fingerprint density at radius 2 is 1.97 bits per heavy atom. The summed E-state index contributed by atoms with van der Waals surface area (Å²) < 4.78 is 0. The maximum absolute atomic E-state index is 12.3. The summed E-state index contributed by atoms with van der Waals surface area (Å²) >= 11 is 1.79. The van der Waals surface area contributed by atoms with Gasteiger partial charge in [0.25, 0.3) is 0 Å². The van der Waals surface area contributed by atoms with Gasteiger partial charge in [0.1, 0.15) is 0 Å². The van der Waals surface area contributed by atoms with E-state index in [0.717, 1.165) is 56.0 Å². The largest absolute Gasteiger partial charge is 0.357 e. The van der Waals surface area contributed by atoms with E-state index < -0.39 is 0 Å². The molecule has 7 heteroatoms. The summed E-state index contributed by atoms with van der Waals surface area (Å²) in [6, 6.07) is 12.3. The van der Waals surface area contributed by atoms with Crippen LogP contribution in [0.3, 0.4) is 0 Å². The van der Waals surface area contributed by atoms with Crippen LogP contribution in [0.4, 0.5) is 5.69 Å². The Bertz CT molecular complexity index is 815. The lowest BCUT2D eigenvalue weighted by Gasteiger charge is -2.12. The van der Waals surface area contributed by atoms with E-state index in [1.165, 1.54) is 9.75 Å². The quantitative estimate of drug-likeness (QED) is 0.269. The molecule has 0 unspecified atom stereocenters. The number of carbonyl (C=O) groups is 1. The van der Waals surface area contributed by atoms with Crippen molar-refractivity contribution in [2.75, 3.05) is 11.9 Å². The Balaban J connectivity index is 0.00000300. The molecule has 0 saturated heterocycles. The molecule has 5 nitrogen and oxygen atoms in total. The smallest absolute Gasteiger partial charge is 0.227 e. The second kappa shape index (κ2) is 12.2. The molecule has 29 heavy (non-hydrogen) atoms. The molecule has 1 fully saturated rings.